The van der Waals surface area contributed by atoms with Crippen LogP contribution in [0.4, 0.5) is 0 Å². The van der Waals surface area contributed by atoms with E-state index in [4.69, 9.17) is 0 Å². The van der Waals surface area contributed by atoms with Gasteiger partial charge >= 0.3 is 5.97 Å². The van der Waals surface area contributed by atoms with Gasteiger partial charge in [0.1, 0.15) is 6.54 Å². The van der Waals surface area contributed by atoms with Crippen molar-refractivity contribution in [3.8, 4) is 0 Å². The monoisotopic (exact) mass is 201 g/mol. The van der Waals surface area contributed by atoms with Gasteiger partial charge in [0.25, 0.3) is 0 Å². The summed E-state index contributed by atoms with van der Waals surface area (Å²) in [4.78, 5) is 24.0. The van der Waals surface area contributed by atoms with Gasteiger partial charge in [-0.15, -0.1) is 0 Å². The zero-order valence-corrected chi connectivity index (χ0v) is 9.21. The highest BCUT2D eigenvalue weighted by molar-refractivity contribution is 5.81. The molecule has 0 fully saturated rings. The van der Waals surface area contributed by atoms with Crippen molar-refractivity contribution < 1.29 is 14.3 Å². The number of amides is 1. The van der Waals surface area contributed by atoms with Crippen LogP contribution in [0.5, 0.6) is 0 Å². The highest BCUT2D eigenvalue weighted by atomic mass is 16.5. The van der Waals surface area contributed by atoms with Gasteiger partial charge in [-0.1, -0.05) is 13.8 Å². The smallest absolute Gasteiger partial charge is 0.325 e. The highest BCUT2D eigenvalue weighted by Gasteiger charge is 2.15. The van der Waals surface area contributed by atoms with E-state index in [0.717, 1.165) is 12.8 Å². The summed E-state index contributed by atoms with van der Waals surface area (Å²) in [5.74, 6) is -0.331. The molecule has 0 atom stereocenters. The molecule has 0 saturated heterocycles. The fraction of sp³-hybridized carbons (Fsp3) is 0.800. The Morgan fingerprint density at radius 2 is 1.86 bits per heavy atom. The van der Waals surface area contributed by atoms with E-state index < -0.39 is 0 Å². The molecule has 4 nitrogen and oxygen atoms in total. The third kappa shape index (κ3) is 4.84. The molecule has 0 N–H and O–H groups in total. The van der Waals surface area contributed by atoms with E-state index in [2.05, 4.69) is 4.74 Å². The molecule has 1 amide bonds. The molecule has 4 heteroatoms. The van der Waals surface area contributed by atoms with Gasteiger partial charge in [0.05, 0.1) is 7.11 Å². The molecule has 14 heavy (non-hydrogen) atoms. The molecule has 0 unspecified atom stereocenters. The Labute approximate surface area is 85.2 Å². The maximum atomic E-state index is 11.5. The van der Waals surface area contributed by atoms with Crippen LogP contribution in [0.25, 0.3) is 0 Å². The van der Waals surface area contributed by atoms with E-state index in [1.54, 1.807) is 4.90 Å². The zero-order valence-electron chi connectivity index (χ0n) is 9.21. The summed E-state index contributed by atoms with van der Waals surface area (Å²) in [5.41, 5.74) is 0. The second kappa shape index (κ2) is 7.35. The zero-order chi connectivity index (χ0) is 11.0. The number of hydrogen-bond acceptors (Lipinski definition) is 3. The third-order valence-corrected chi connectivity index (χ3v) is 1.86. The molecule has 0 aliphatic rings. The average Bonchev–Trinajstić information content (AvgIpc) is 2.17. The predicted molar refractivity (Wildman–Crippen MR) is 53.8 cm³/mol. The van der Waals surface area contributed by atoms with E-state index in [9.17, 15) is 9.59 Å². The van der Waals surface area contributed by atoms with E-state index in [0.29, 0.717) is 13.0 Å². The summed E-state index contributed by atoms with van der Waals surface area (Å²) in [6.07, 6.45) is 2.16. The summed E-state index contributed by atoms with van der Waals surface area (Å²) in [5, 5.41) is 0. The van der Waals surface area contributed by atoms with Crippen molar-refractivity contribution in [2.24, 2.45) is 0 Å². The Morgan fingerprint density at radius 1 is 1.21 bits per heavy atom. The van der Waals surface area contributed by atoms with Crippen LogP contribution >= 0.6 is 0 Å². The second-order valence-corrected chi connectivity index (χ2v) is 3.14. The Morgan fingerprint density at radius 3 is 2.29 bits per heavy atom. The summed E-state index contributed by atoms with van der Waals surface area (Å²) in [6.45, 7) is 4.61. The summed E-state index contributed by atoms with van der Waals surface area (Å²) < 4.78 is 4.52. The molecule has 0 aliphatic heterocycles. The van der Waals surface area contributed by atoms with Gasteiger partial charge in [0.15, 0.2) is 0 Å². The molecule has 0 rings (SSSR count). The molecule has 0 radical (unpaired) electrons. The molecule has 0 aliphatic carbocycles. The van der Waals surface area contributed by atoms with E-state index in [1.165, 1.54) is 7.11 Å². The first-order chi connectivity index (χ1) is 6.65. The van der Waals surface area contributed by atoms with Crippen molar-refractivity contribution >= 4 is 11.9 Å². The number of methoxy groups -OCH3 is 1. The molecule has 0 spiro atoms. The lowest BCUT2D eigenvalue weighted by atomic mass is 10.3. The van der Waals surface area contributed by atoms with Gasteiger partial charge in [0, 0.05) is 13.0 Å². The fourth-order valence-electron chi connectivity index (χ4n) is 1.15. The van der Waals surface area contributed by atoms with Crippen LogP contribution in [-0.2, 0) is 14.3 Å². The van der Waals surface area contributed by atoms with E-state index in [1.807, 2.05) is 13.8 Å². The molecular weight excluding hydrogens is 182 g/mol. The number of nitrogens with zero attached hydrogens (tertiary/aromatic N) is 1. The number of rotatable bonds is 6. The van der Waals surface area contributed by atoms with Gasteiger partial charge in [-0.25, -0.2) is 0 Å². The molecule has 0 aromatic heterocycles. The van der Waals surface area contributed by atoms with Crippen LogP contribution in [-0.4, -0.2) is 37.0 Å². The van der Waals surface area contributed by atoms with Crippen molar-refractivity contribution in [3.05, 3.63) is 0 Å². The van der Waals surface area contributed by atoms with Crippen LogP contribution in [0.15, 0.2) is 0 Å². The first-order valence-electron chi connectivity index (χ1n) is 5.00. The molecular formula is C10H19NO3. The summed E-state index contributed by atoms with van der Waals surface area (Å²) >= 11 is 0. The van der Waals surface area contributed by atoms with Crippen LogP contribution in [0.1, 0.15) is 33.1 Å². The number of carbonyl (C=O) groups excluding carboxylic acids is 2. The molecule has 0 aromatic carbocycles. The van der Waals surface area contributed by atoms with Gasteiger partial charge in [-0.3, -0.25) is 9.59 Å². The number of carbonyl (C=O) groups is 2. The fourth-order valence-corrected chi connectivity index (χ4v) is 1.15. The number of ether oxygens (including phenoxy) is 1. The van der Waals surface area contributed by atoms with Gasteiger partial charge < -0.3 is 9.64 Å². The molecule has 0 bridgehead atoms. The van der Waals surface area contributed by atoms with E-state index >= 15 is 0 Å². The SMILES string of the molecule is CCCC(=O)N(CCC)CC(=O)OC. The van der Waals surface area contributed by atoms with Crippen LogP contribution in [0, 0.1) is 0 Å². The number of esters is 1. The lowest BCUT2D eigenvalue weighted by molar-refractivity contribution is -0.147. The molecule has 0 heterocycles. The van der Waals surface area contributed by atoms with Crippen molar-refractivity contribution in [3.63, 3.8) is 0 Å². The Bertz CT molecular complexity index is 192. The van der Waals surface area contributed by atoms with Crippen molar-refractivity contribution in [1.82, 2.24) is 4.90 Å². The van der Waals surface area contributed by atoms with Crippen LogP contribution in [0.2, 0.25) is 0 Å². The van der Waals surface area contributed by atoms with Crippen LogP contribution in [0.3, 0.4) is 0 Å². The second-order valence-electron chi connectivity index (χ2n) is 3.14. The van der Waals surface area contributed by atoms with Crippen LogP contribution < -0.4 is 0 Å². The van der Waals surface area contributed by atoms with E-state index in [-0.39, 0.29) is 18.4 Å². The quantitative estimate of drug-likeness (QED) is 0.607. The van der Waals surface area contributed by atoms with Gasteiger partial charge in [0.2, 0.25) is 5.91 Å². The predicted octanol–water partition coefficient (Wildman–Crippen LogP) is 1.20. The maximum Gasteiger partial charge on any atom is 0.325 e. The Hall–Kier alpha value is -1.06. The Kier molecular flexibility index (Phi) is 6.80. The first-order valence-corrected chi connectivity index (χ1v) is 5.00. The minimum Gasteiger partial charge on any atom is -0.468 e. The standard InChI is InChI=1S/C10H19NO3/c1-4-6-9(12)11(7-5-2)8-10(13)14-3/h4-8H2,1-3H3. The Balaban J connectivity index is 4.13. The molecule has 0 aromatic rings. The molecule has 0 saturated carbocycles. The topological polar surface area (TPSA) is 46.6 Å². The minimum absolute atomic E-state index is 0.0275. The molecule has 82 valence electrons. The first kappa shape index (κ1) is 12.9. The summed E-state index contributed by atoms with van der Waals surface area (Å²) in [7, 11) is 1.33. The maximum absolute atomic E-state index is 11.5. The van der Waals surface area contributed by atoms with Gasteiger partial charge in [-0.2, -0.15) is 0 Å². The largest absolute Gasteiger partial charge is 0.468 e. The number of hydrogen-bond donors (Lipinski definition) is 0. The highest BCUT2D eigenvalue weighted by Crippen LogP contribution is 1.99. The summed E-state index contributed by atoms with van der Waals surface area (Å²) in [6, 6.07) is 0. The average molecular weight is 201 g/mol. The lowest BCUT2D eigenvalue weighted by Gasteiger charge is -2.20. The minimum atomic E-state index is -0.358. The van der Waals surface area contributed by atoms with Gasteiger partial charge in [-0.05, 0) is 12.8 Å². The normalized spacial score (nSPS) is 9.64. The van der Waals surface area contributed by atoms with Crippen molar-refractivity contribution in [2.75, 3.05) is 20.2 Å². The lowest BCUT2D eigenvalue weighted by Crippen LogP contribution is -2.36. The van der Waals surface area contributed by atoms with Crippen molar-refractivity contribution in [1.29, 1.82) is 0 Å². The van der Waals surface area contributed by atoms with Crippen molar-refractivity contribution in [2.45, 2.75) is 33.1 Å². The third-order valence-electron chi connectivity index (χ3n) is 1.86.